The van der Waals surface area contributed by atoms with Crippen molar-refractivity contribution in [1.29, 1.82) is 0 Å². The van der Waals surface area contributed by atoms with E-state index in [0.717, 1.165) is 6.07 Å². The van der Waals surface area contributed by atoms with Gasteiger partial charge in [-0.05, 0) is 6.07 Å². The molecule has 1 aromatic heterocycles. The van der Waals surface area contributed by atoms with Gasteiger partial charge in [0.05, 0.1) is 16.8 Å². The topological polar surface area (TPSA) is 45.8 Å². The Balaban J connectivity index is 1.99. The lowest BCUT2D eigenvalue weighted by Gasteiger charge is -2.11. The van der Waals surface area contributed by atoms with Gasteiger partial charge in [-0.25, -0.2) is 0 Å². The summed E-state index contributed by atoms with van der Waals surface area (Å²) in [6.07, 6.45) is -4.54. The van der Waals surface area contributed by atoms with Crippen LogP contribution in [0.15, 0.2) is 48.5 Å². The van der Waals surface area contributed by atoms with Gasteiger partial charge in [0.25, 0.3) is 0 Å². The third kappa shape index (κ3) is 1.91. The zero-order valence-electron chi connectivity index (χ0n) is 11.6. The van der Waals surface area contributed by atoms with Gasteiger partial charge in [-0.15, -0.1) is 0 Å². The lowest BCUT2D eigenvalue weighted by molar-refractivity contribution is -0.137. The number of ketones is 1. The highest BCUT2D eigenvalue weighted by molar-refractivity contribution is 6.24. The van der Waals surface area contributed by atoms with E-state index in [-0.39, 0.29) is 22.4 Å². The Labute approximate surface area is 128 Å². The van der Waals surface area contributed by atoms with Crippen LogP contribution in [0.1, 0.15) is 21.5 Å². The van der Waals surface area contributed by atoms with Crippen molar-refractivity contribution in [3.05, 3.63) is 65.2 Å². The molecule has 6 heteroatoms. The standard InChI is InChI=1S/C17H9F3N2O/c18-17(19,20)11-8-4-7-10-12(11)15-13(16(10)23)14(21-22-15)9-5-2-1-3-6-9/h1-8H,(H,21,22). The highest BCUT2D eigenvalue weighted by atomic mass is 19.4. The van der Waals surface area contributed by atoms with Gasteiger partial charge in [0.1, 0.15) is 5.69 Å². The average Bonchev–Trinajstić information content (AvgIpc) is 3.08. The van der Waals surface area contributed by atoms with E-state index in [4.69, 9.17) is 0 Å². The molecule has 1 N–H and O–H groups in total. The van der Waals surface area contributed by atoms with Crippen LogP contribution in [0, 0.1) is 0 Å². The normalized spacial score (nSPS) is 13.1. The molecular weight excluding hydrogens is 305 g/mol. The second-order valence-corrected chi connectivity index (χ2v) is 5.24. The lowest BCUT2D eigenvalue weighted by Crippen LogP contribution is -2.08. The maximum Gasteiger partial charge on any atom is 0.417 e. The molecule has 0 radical (unpaired) electrons. The van der Waals surface area contributed by atoms with Crippen LogP contribution < -0.4 is 0 Å². The van der Waals surface area contributed by atoms with Crippen molar-refractivity contribution in [3.63, 3.8) is 0 Å². The molecule has 0 fully saturated rings. The third-order valence-electron chi connectivity index (χ3n) is 3.91. The number of H-pyrrole nitrogens is 1. The summed E-state index contributed by atoms with van der Waals surface area (Å²) in [7, 11) is 0. The molecule has 0 amide bonds. The number of aromatic amines is 1. The number of carbonyl (C=O) groups is 1. The zero-order valence-corrected chi connectivity index (χ0v) is 11.6. The molecule has 0 unspecified atom stereocenters. The molecule has 114 valence electrons. The summed E-state index contributed by atoms with van der Waals surface area (Å²) < 4.78 is 39.7. The van der Waals surface area contributed by atoms with Crippen LogP contribution in [-0.4, -0.2) is 16.0 Å². The molecule has 0 atom stereocenters. The maximum atomic E-state index is 13.2. The predicted octanol–water partition coefficient (Wildman–Crippen LogP) is 4.31. The fourth-order valence-corrected chi connectivity index (χ4v) is 2.93. The number of nitrogens with zero attached hydrogens (tertiary/aromatic N) is 1. The number of carbonyl (C=O) groups excluding carboxylic acids is 1. The minimum Gasteiger partial charge on any atom is -0.288 e. The van der Waals surface area contributed by atoms with Crippen LogP contribution >= 0.6 is 0 Å². The molecule has 0 bridgehead atoms. The van der Waals surface area contributed by atoms with Crippen molar-refractivity contribution in [3.8, 4) is 22.5 Å². The Morgan fingerprint density at radius 2 is 1.65 bits per heavy atom. The monoisotopic (exact) mass is 314 g/mol. The van der Waals surface area contributed by atoms with E-state index < -0.39 is 17.5 Å². The number of fused-ring (bicyclic) bond motifs is 3. The molecule has 0 aliphatic heterocycles. The first-order valence-corrected chi connectivity index (χ1v) is 6.87. The van der Waals surface area contributed by atoms with Crippen molar-refractivity contribution in [2.75, 3.05) is 0 Å². The lowest BCUT2D eigenvalue weighted by atomic mass is 10.0. The van der Waals surface area contributed by atoms with Crippen LogP contribution in [0.3, 0.4) is 0 Å². The van der Waals surface area contributed by atoms with Gasteiger partial charge in [0, 0.05) is 16.7 Å². The number of halogens is 3. The number of aromatic nitrogens is 2. The molecule has 0 spiro atoms. The molecule has 4 rings (SSSR count). The van der Waals surface area contributed by atoms with Gasteiger partial charge in [0.2, 0.25) is 0 Å². The van der Waals surface area contributed by atoms with Crippen LogP contribution in [0.4, 0.5) is 13.2 Å². The predicted molar refractivity (Wildman–Crippen MR) is 77.9 cm³/mol. The molecule has 1 heterocycles. The Bertz CT molecular complexity index is 927. The number of hydrogen-bond donors (Lipinski definition) is 1. The summed E-state index contributed by atoms with van der Waals surface area (Å²) in [6.45, 7) is 0. The number of hydrogen-bond acceptors (Lipinski definition) is 2. The molecule has 0 saturated heterocycles. The number of nitrogens with one attached hydrogen (secondary N) is 1. The minimum atomic E-state index is -4.54. The zero-order chi connectivity index (χ0) is 16.2. The Hall–Kier alpha value is -2.89. The second-order valence-electron chi connectivity index (χ2n) is 5.24. The Morgan fingerprint density at radius 3 is 2.35 bits per heavy atom. The van der Waals surface area contributed by atoms with E-state index in [1.807, 2.05) is 6.07 Å². The van der Waals surface area contributed by atoms with Gasteiger partial charge < -0.3 is 0 Å². The Kier molecular flexibility index (Phi) is 2.72. The first-order valence-electron chi connectivity index (χ1n) is 6.87. The van der Waals surface area contributed by atoms with E-state index in [0.29, 0.717) is 11.3 Å². The van der Waals surface area contributed by atoms with E-state index in [1.165, 1.54) is 12.1 Å². The van der Waals surface area contributed by atoms with E-state index >= 15 is 0 Å². The SMILES string of the molecule is O=C1c2cccc(C(F)(F)F)c2-c2[nH]nc(-c3ccccc3)c21. The largest absolute Gasteiger partial charge is 0.417 e. The van der Waals surface area contributed by atoms with E-state index in [9.17, 15) is 18.0 Å². The fraction of sp³-hybridized carbons (Fsp3) is 0.0588. The fourth-order valence-electron chi connectivity index (χ4n) is 2.93. The molecule has 1 aliphatic carbocycles. The van der Waals surface area contributed by atoms with Crippen LogP contribution in [0.2, 0.25) is 0 Å². The first kappa shape index (κ1) is 13.8. The van der Waals surface area contributed by atoms with Crippen LogP contribution in [0.5, 0.6) is 0 Å². The molecule has 0 saturated carbocycles. The number of rotatable bonds is 1. The highest BCUT2D eigenvalue weighted by Crippen LogP contribution is 2.46. The average molecular weight is 314 g/mol. The van der Waals surface area contributed by atoms with Crippen molar-refractivity contribution in [1.82, 2.24) is 10.2 Å². The molecule has 1 aliphatic rings. The van der Waals surface area contributed by atoms with Crippen LogP contribution in [0.25, 0.3) is 22.5 Å². The van der Waals surface area contributed by atoms with E-state index in [2.05, 4.69) is 10.2 Å². The van der Waals surface area contributed by atoms with Gasteiger partial charge in [-0.2, -0.15) is 18.3 Å². The summed E-state index contributed by atoms with van der Waals surface area (Å²) in [5, 5.41) is 6.68. The number of alkyl halides is 3. The molecule has 2 aromatic carbocycles. The summed E-state index contributed by atoms with van der Waals surface area (Å²) >= 11 is 0. The number of benzene rings is 2. The Morgan fingerprint density at radius 1 is 0.913 bits per heavy atom. The van der Waals surface area contributed by atoms with Crippen molar-refractivity contribution in [2.45, 2.75) is 6.18 Å². The summed E-state index contributed by atoms with van der Waals surface area (Å²) in [5.74, 6) is -0.436. The van der Waals surface area contributed by atoms with Gasteiger partial charge >= 0.3 is 6.18 Å². The smallest absolute Gasteiger partial charge is 0.288 e. The van der Waals surface area contributed by atoms with Crippen molar-refractivity contribution >= 4 is 5.78 Å². The van der Waals surface area contributed by atoms with Gasteiger partial charge in [0.15, 0.2) is 5.78 Å². The van der Waals surface area contributed by atoms with Crippen molar-refractivity contribution in [2.24, 2.45) is 0 Å². The van der Waals surface area contributed by atoms with Crippen LogP contribution in [-0.2, 0) is 6.18 Å². The van der Waals surface area contributed by atoms with E-state index in [1.54, 1.807) is 24.3 Å². The summed E-state index contributed by atoms with van der Waals surface area (Å²) in [5.41, 5.74) is 0.495. The van der Waals surface area contributed by atoms with Gasteiger partial charge in [-0.3, -0.25) is 9.89 Å². The molecule has 3 nitrogen and oxygen atoms in total. The highest BCUT2D eigenvalue weighted by Gasteiger charge is 2.41. The molecule has 3 aromatic rings. The quantitative estimate of drug-likeness (QED) is 0.569. The van der Waals surface area contributed by atoms with Crippen molar-refractivity contribution < 1.29 is 18.0 Å². The first-order chi connectivity index (χ1) is 11.0. The summed E-state index contributed by atoms with van der Waals surface area (Å²) in [6, 6.07) is 12.5. The van der Waals surface area contributed by atoms with Gasteiger partial charge in [-0.1, -0.05) is 42.5 Å². The molecular formula is C17H9F3N2O. The minimum absolute atomic E-state index is 0.0562. The maximum absolute atomic E-state index is 13.2. The molecule has 23 heavy (non-hydrogen) atoms. The third-order valence-corrected chi connectivity index (χ3v) is 3.91. The second kappa shape index (κ2) is 4.55. The summed E-state index contributed by atoms with van der Waals surface area (Å²) in [4.78, 5) is 12.6.